The van der Waals surface area contributed by atoms with Crippen molar-refractivity contribution in [1.82, 2.24) is 4.90 Å². The molecule has 6 nitrogen and oxygen atoms in total. The van der Waals surface area contributed by atoms with Crippen molar-refractivity contribution in [2.75, 3.05) is 38.3 Å². The molecule has 24 heavy (non-hydrogen) atoms. The minimum absolute atomic E-state index is 0.108. The molecular formula is C17H21ClN2O4. The van der Waals surface area contributed by atoms with Gasteiger partial charge >= 0.3 is 6.03 Å². The maximum atomic E-state index is 12.7. The van der Waals surface area contributed by atoms with E-state index in [1.165, 1.54) is 0 Å². The third kappa shape index (κ3) is 3.39. The predicted octanol–water partition coefficient (Wildman–Crippen LogP) is 3.14. The first-order valence-corrected chi connectivity index (χ1v) is 8.83. The lowest BCUT2D eigenvalue weighted by molar-refractivity contribution is 0.167. The average Bonchev–Trinajstić information content (AvgIpc) is 3.29. The first-order chi connectivity index (χ1) is 11.7. The highest BCUT2D eigenvalue weighted by molar-refractivity contribution is 6.34. The van der Waals surface area contributed by atoms with Gasteiger partial charge in [-0.2, -0.15) is 0 Å². The van der Waals surface area contributed by atoms with E-state index in [4.69, 9.17) is 25.8 Å². The Balaban J connectivity index is 1.47. The van der Waals surface area contributed by atoms with E-state index < -0.39 is 0 Å². The van der Waals surface area contributed by atoms with Crippen LogP contribution in [0.4, 0.5) is 10.5 Å². The molecule has 0 spiro atoms. The molecule has 4 rings (SSSR count). The molecular weight excluding hydrogens is 332 g/mol. The summed E-state index contributed by atoms with van der Waals surface area (Å²) in [4.78, 5) is 14.7. The summed E-state index contributed by atoms with van der Waals surface area (Å²) in [5, 5.41) is 3.39. The molecule has 2 aliphatic heterocycles. The van der Waals surface area contributed by atoms with Gasteiger partial charge in [0.25, 0.3) is 0 Å². The van der Waals surface area contributed by atoms with Gasteiger partial charge in [-0.05, 0) is 19.3 Å². The number of halogens is 1. The topological polar surface area (TPSA) is 60.0 Å². The van der Waals surface area contributed by atoms with Crippen LogP contribution in [-0.4, -0.2) is 49.9 Å². The monoisotopic (exact) mass is 352 g/mol. The lowest BCUT2D eigenvalue weighted by Crippen LogP contribution is -2.40. The summed E-state index contributed by atoms with van der Waals surface area (Å²) >= 11 is 6.29. The van der Waals surface area contributed by atoms with Gasteiger partial charge in [0.05, 0.1) is 17.3 Å². The van der Waals surface area contributed by atoms with Crippen molar-refractivity contribution in [2.45, 2.75) is 25.3 Å². The number of hydrogen-bond acceptors (Lipinski definition) is 4. The number of nitrogens with one attached hydrogen (secondary N) is 1. The summed E-state index contributed by atoms with van der Waals surface area (Å²) in [6, 6.07) is 3.65. The number of benzene rings is 1. The van der Waals surface area contributed by atoms with Crippen LogP contribution in [0.15, 0.2) is 12.1 Å². The minimum atomic E-state index is -0.108. The van der Waals surface area contributed by atoms with E-state index in [0.29, 0.717) is 47.4 Å². The summed E-state index contributed by atoms with van der Waals surface area (Å²) in [7, 11) is 0. The number of fused-ring (bicyclic) bond motifs is 1. The number of carbonyl (C=O) groups is 1. The zero-order chi connectivity index (χ0) is 16.5. The van der Waals surface area contributed by atoms with E-state index in [9.17, 15) is 4.79 Å². The molecule has 1 saturated carbocycles. The van der Waals surface area contributed by atoms with Gasteiger partial charge in [-0.3, -0.25) is 0 Å². The van der Waals surface area contributed by atoms with Crippen LogP contribution in [0.5, 0.6) is 11.5 Å². The largest absolute Gasteiger partial charge is 0.486 e. The highest BCUT2D eigenvalue weighted by Crippen LogP contribution is 2.38. The maximum absolute atomic E-state index is 12.7. The second kappa shape index (κ2) is 6.69. The third-order valence-corrected chi connectivity index (χ3v) is 4.91. The number of ether oxygens (including phenoxy) is 3. The fraction of sp³-hybridized carbons (Fsp3) is 0.588. The van der Waals surface area contributed by atoms with Crippen LogP contribution in [0.3, 0.4) is 0 Å². The second-order valence-corrected chi connectivity index (χ2v) is 6.93. The normalized spacial score (nSPS) is 22.3. The maximum Gasteiger partial charge on any atom is 0.322 e. The number of amides is 2. The number of carbonyl (C=O) groups excluding carboxylic acids is 1. The zero-order valence-electron chi connectivity index (χ0n) is 13.4. The van der Waals surface area contributed by atoms with Gasteiger partial charge in [0.15, 0.2) is 11.5 Å². The molecule has 1 aromatic carbocycles. The smallest absolute Gasteiger partial charge is 0.322 e. The van der Waals surface area contributed by atoms with Gasteiger partial charge in [-0.15, -0.1) is 0 Å². The fourth-order valence-corrected chi connectivity index (χ4v) is 3.34. The van der Waals surface area contributed by atoms with E-state index in [1.807, 2.05) is 4.90 Å². The molecule has 7 heteroatoms. The summed E-state index contributed by atoms with van der Waals surface area (Å²) in [6.07, 6.45) is 3.15. The molecule has 1 aromatic rings. The molecule has 1 saturated heterocycles. The number of hydrogen-bond donors (Lipinski definition) is 1. The number of nitrogens with zero attached hydrogens (tertiary/aromatic N) is 1. The van der Waals surface area contributed by atoms with Gasteiger partial charge in [0.2, 0.25) is 0 Å². The molecule has 1 N–H and O–H groups in total. The Morgan fingerprint density at radius 2 is 1.92 bits per heavy atom. The van der Waals surface area contributed by atoms with Gasteiger partial charge in [-0.25, -0.2) is 4.79 Å². The number of urea groups is 1. The predicted molar refractivity (Wildman–Crippen MR) is 90.1 cm³/mol. The Labute approximate surface area is 146 Å². The number of anilines is 1. The van der Waals surface area contributed by atoms with E-state index in [-0.39, 0.29) is 6.03 Å². The van der Waals surface area contributed by atoms with Crippen molar-refractivity contribution >= 4 is 23.3 Å². The third-order valence-electron chi connectivity index (χ3n) is 4.60. The van der Waals surface area contributed by atoms with Crippen LogP contribution in [-0.2, 0) is 4.74 Å². The van der Waals surface area contributed by atoms with Crippen molar-refractivity contribution in [3.05, 3.63) is 17.2 Å². The SMILES string of the molecule is O=C(Nc1cc2c(cc1Cl)OCCO2)N(C[C@H]1CCOC1)C1CC1. The van der Waals surface area contributed by atoms with Crippen molar-refractivity contribution in [2.24, 2.45) is 5.92 Å². The summed E-state index contributed by atoms with van der Waals surface area (Å²) in [5.41, 5.74) is 0.555. The van der Waals surface area contributed by atoms with Crippen LogP contribution in [0.2, 0.25) is 5.02 Å². The fourth-order valence-electron chi connectivity index (χ4n) is 3.14. The standard InChI is InChI=1S/C17H21ClN2O4/c18-13-7-15-16(24-6-5-23-15)8-14(13)19-17(21)20(12-1-2-12)9-11-3-4-22-10-11/h7-8,11-12H,1-6,9-10H2,(H,19,21)/t11-/m1/s1. The van der Waals surface area contributed by atoms with E-state index >= 15 is 0 Å². The van der Waals surface area contributed by atoms with E-state index in [1.54, 1.807) is 12.1 Å². The average molecular weight is 353 g/mol. The number of rotatable bonds is 4. The van der Waals surface area contributed by atoms with Gasteiger partial charge < -0.3 is 24.4 Å². The van der Waals surface area contributed by atoms with Crippen LogP contribution in [0.1, 0.15) is 19.3 Å². The molecule has 2 amide bonds. The van der Waals surface area contributed by atoms with Crippen molar-refractivity contribution in [3.63, 3.8) is 0 Å². The Morgan fingerprint density at radius 3 is 2.58 bits per heavy atom. The zero-order valence-corrected chi connectivity index (χ0v) is 14.2. The van der Waals surface area contributed by atoms with Crippen molar-refractivity contribution < 1.29 is 19.0 Å². The Kier molecular flexibility index (Phi) is 4.41. The van der Waals surface area contributed by atoms with Gasteiger partial charge in [-0.1, -0.05) is 11.6 Å². The molecule has 0 aromatic heterocycles. The van der Waals surface area contributed by atoms with Crippen LogP contribution >= 0.6 is 11.6 Å². The highest BCUT2D eigenvalue weighted by atomic mass is 35.5. The lowest BCUT2D eigenvalue weighted by atomic mass is 10.1. The molecule has 1 atom stereocenters. The van der Waals surface area contributed by atoms with Crippen molar-refractivity contribution in [1.29, 1.82) is 0 Å². The van der Waals surface area contributed by atoms with E-state index in [2.05, 4.69) is 5.32 Å². The highest BCUT2D eigenvalue weighted by Gasteiger charge is 2.35. The Hall–Kier alpha value is -1.66. The molecule has 0 unspecified atom stereocenters. The molecule has 2 fully saturated rings. The van der Waals surface area contributed by atoms with Crippen molar-refractivity contribution in [3.8, 4) is 11.5 Å². The molecule has 3 aliphatic rings. The lowest BCUT2D eigenvalue weighted by Gasteiger charge is -2.26. The molecule has 0 radical (unpaired) electrons. The second-order valence-electron chi connectivity index (χ2n) is 6.52. The van der Waals surface area contributed by atoms with Gasteiger partial charge in [0, 0.05) is 37.2 Å². The summed E-state index contributed by atoms with van der Waals surface area (Å²) < 4.78 is 16.5. The molecule has 0 bridgehead atoms. The first-order valence-electron chi connectivity index (χ1n) is 8.45. The molecule has 2 heterocycles. The van der Waals surface area contributed by atoms with Gasteiger partial charge in [0.1, 0.15) is 13.2 Å². The van der Waals surface area contributed by atoms with E-state index in [0.717, 1.165) is 39.0 Å². The Morgan fingerprint density at radius 1 is 1.17 bits per heavy atom. The quantitative estimate of drug-likeness (QED) is 0.904. The Bertz CT molecular complexity index is 629. The molecule has 130 valence electrons. The summed E-state index contributed by atoms with van der Waals surface area (Å²) in [6.45, 7) is 3.27. The minimum Gasteiger partial charge on any atom is -0.486 e. The first kappa shape index (κ1) is 15.8. The van der Waals surface area contributed by atoms with Crippen LogP contribution in [0, 0.1) is 5.92 Å². The van der Waals surface area contributed by atoms with Crippen LogP contribution < -0.4 is 14.8 Å². The molecule has 1 aliphatic carbocycles. The van der Waals surface area contributed by atoms with Crippen LogP contribution in [0.25, 0.3) is 0 Å². The summed E-state index contributed by atoms with van der Waals surface area (Å²) in [5.74, 6) is 1.65.